The Labute approximate surface area is 109 Å². The molecule has 1 aromatic heterocycles. The van der Waals surface area contributed by atoms with Gasteiger partial charge in [-0.3, -0.25) is 4.98 Å². The van der Waals surface area contributed by atoms with E-state index in [1.807, 2.05) is 12.1 Å². The maximum atomic E-state index is 10.4. The fraction of sp³-hybridized carbons (Fsp3) is 0.667. The first kappa shape index (κ1) is 12.1. The molecular formula is C15H22N2O. The first-order chi connectivity index (χ1) is 8.74. The zero-order chi connectivity index (χ0) is 12.5. The Morgan fingerprint density at radius 2 is 1.89 bits per heavy atom. The van der Waals surface area contributed by atoms with Crippen LogP contribution in [0.15, 0.2) is 24.5 Å². The highest BCUT2D eigenvalue weighted by molar-refractivity contribution is 5.11. The fourth-order valence-corrected chi connectivity index (χ4v) is 3.69. The molecule has 3 heteroatoms. The van der Waals surface area contributed by atoms with Gasteiger partial charge in [-0.2, -0.15) is 0 Å². The second kappa shape index (κ2) is 4.98. The van der Waals surface area contributed by atoms with Crippen LogP contribution in [0.5, 0.6) is 0 Å². The smallest absolute Gasteiger partial charge is 0.0609 e. The molecule has 3 atom stereocenters. The van der Waals surface area contributed by atoms with Crippen LogP contribution in [-0.2, 0) is 6.42 Å². The lowest BCUT2D eigenvalue weighted by Gasteiger charge is -2.38. The molecule has 18 heavy (non-hydrogen) atoms. The van der Waals surface area contributed by atoms with Crippen molar-refractivity contribution in [2.24, 2.45) is 5.92 Å². The molecular weight excluding hydrogens is 224 g/mol. The van der Waals surface area contributed by atoms with Gasteiger partial charge in [-0.1, -0.05) is 0 Å². The van der Waals surface area contributed by atoms with E-state index in [4.69, 9.17) is 0 Å². The highest BCUT2D eigenvalue weighted by Crippen LogP contribution is 2.39. The average molecular weight is 246 g/mol. The standard InChI is InChI=1S/C15H22N2O/c1-17-13-2-3-14(17)10-12(9-13)15(18)8-11-4-6-16-7-5-11/h4-7,12-15,18H,2-3,8-10H2,1H3. The van der Waals surface area contributed by atoms with E-state index in [-0.39, 0.29) is 6.10 Å². The zero-order valence-electron chi connectivity index (χ0n) is 11.0. The molecule has 0 saturated carbocycles. The van der Waals surface area contributed by atoms with E-state index in [2.05, 4.69) is 16.9 Å². The summed E-state index contributed by atoms with van der Waals surface area (Å²) in [6.07, 6.45) is 9.17. The van der Waals surface area contributed by atoms with Crippen LogP contribution >= 0.6 is 0 Å². The van der Waals surface area contributed by atoms with Crippen molar-refractivity contribution in [2.45, 2.75) is 50.3 Å². The lowest BCUT2D eigenvalue weighted by molar-refractivity contribution is 0.0368. The normalized spacial score (nSPS) is 33.6. The third-order valence-corrected chi connectivity index (χ3v) is 4.87. The molecule has 2 aliphatic rings. The average Bonchev–Trinajstić information content (AvgIpc) is 2.63. The molecule has 0 spiro atoms. The van der Waals surface area contributed by atoms with Gasteiger partial charge in [-0.25, -0.2) is 0 Å². The summed E-state index contributed by atoms with van der Waals surface area (Å²) >= 11 is 0. The molecule has 0 aromatic carbocycles. The third kappa shape index (κ3) is 2.29. The highest BCUT2D eigenvalue weighted by Gasteiger charge is 2.40. The number of pyridine rings is 1. The molecule has 2 fully saturated rings. The third-order valence-electron chi connectivity index (χ3n) is 4.87. The number of rotatable bonds is 3. The maximum Gasteiger partial charge on any atom is 0.0609 e. The van der Waals surface area contributed by atoms with Crippen LogP contribution < -0.4 is 0 Å². The SMILES string of the molecule is CN1C2CCC1CC(C(O)Cc1ccncc1)C2. The first-order valence-corrected chi connectivity index (χ1v) is 7.03. The molecule has 1 aromatic rings. The molecule has 0 radical (unpaired) electrons. The Bertz CT molecular complexity index is 381. The van der Waals surface area contributed by atoms with Crippen LogP contribution in [-0.4, -0.2) is 40.2 Å². The summed E-state index contributed by atoms with van der Waals surface area (Å²) < 4.78 is 0. The quantitative estimate of drug-likeness (QED) is 0.884. The summed E-state index contributed by atoms with van der Waals surface area (Å²) in [7, 11) is 2.24. The van der Waals surface area contributed by atoms with E-state index in [1.54, 1.807) is 12.4 Å². The van der Waals surface area contributed by atoms with Gasteiger partial charge in [-0.15, -0.1) is 0 Å². The van der Waals surface area contributed by atoms with Gasteiger partial charge in [0.1, 0.15) is 0 Å². The van der Waals surface area contributed by atoms with Gasteiger partial charge in [0.25, 0.3) is 0 Å². The van der Waals surface area contributed by atoms with Gasteiger partial charge in [0.05, 0.1) is 6.10 Å². The van der Waals surface area contributed by atoms with Crippen LogP contribution in [0.25, 0.3) is 0 Å². The van der Waals surface area contributed by atoms with Crippen LogP contribution in [0.4, 0.5) is 0 Å². The summed E-state index contributed by atoms with van der Waals surface area (Å²) in [6, 6.07) is 5.43. The van der Waals surface area contributed by atoms with Crippen molar-refractivity contribution in [3.63, 3.8) is 0 Å². The molecule has 2 bridgehead atoms. The van der Waals surface area contributed by atoms with Crippen molar-refractivity contribution in [1.29, 1.82) is 0 Å². The second-order valence-corrected chi connectivity index (χ2v) is 5.91. The van der Waals surface area contributed by atoms with Crippen LogP contribution in [0, 0.1) is 5.92 Å². The number of hydrogen-bond donors (Lipinski definition) is 1. The zero-order valence-corrected chi connectivity index (χ0v) is 11.0. The fourth-order valence-electron chi connectivity index (χ4n) is 3.69. The molecule has 3 nitrogen and oxygen atoms in total. The number of hydrogen-bond acceptors (Lipinski definition) is 3. The molecule has 3 heterocycles. The molecule has 2 aliphatic heterocycles. The van der Waals surface area contributed by atoms with E-state index in [0.717, 1.165) is 6.42 Å². The predicted octanol–water partition coefficient (Wildman–Crippen LogP) is 1.86. The molecule has 3 unspecified atom stereocenters. The predicted molar refractivity (Wildman–Crippen MR) is 71.2 cm³/mol. The van der Waals surface area contributed by atoms with Crippen LogP contribution in [0.2, 0.25) is 0 Å². The van der Waals surface area contributed by atoms with Crippen molar-refractivity contribution < 1.29 is 5.11 Å². The van der Waals surface area contributed by atoms with Gasteiger partial charge in [0.15, 0.2) is 0 Å². The van der Waals surface area contributed by atoms with Gasteiger partial charge in [0.2, 0.25) is 0 Å². The molecule has 2 saturated heterocycles. The maximum absolute atomic E-state index is 10.4. The Hall–Kier alpha value is -0.930. The highest BCUT2D eigenvalue weighted by atomic mass is 16.3. The molecule has 0 amide bonds. The summed E-state index contributed by atoms with van der Waals surface area (Å²) in [4.78, 5) is 6.54. The number of aromatic nitrogens is 1. The minimum Gasteiger partial charge on any atom is -0.392 e. The van der Waals surface area contributed by atoms with Gasteiger partial charge in [0, 0.05) is 24.5 Å². The minimum atomic E-state index is -0.191. The molecule has 98 valence electrons. The first-order valence-electron chi connectivity index (χ1n) is 7.03. The minimum absolute atomic E-state index is 0.191. The summed E-state index contributed by atoms with van der Waals surface area (Å²) in [5, 5.41) is 10.4. The Morgan fingerprint density at radius 1 is 1.28 bits per heavy atom. The van der Waals surface area contributed by atoms with Crippen molar-refractivity contribution in [2.75, 3.05) is 7.05 Å². The van der Waals surface area contributed by atoms with E-state index in [1.165, 1.54) is 31.2 Å². The van der Waals surface area contributed by atoms with Gasteiger partial charge >= 0.3 is 0 Å². The Morgan fingerprint density at radius 3 is 2.50 bits per heavy atom. The summed E-state index contributed by atoms with van der Waals surface area (Å²) in [6.45, 7) is 0. The van der Waals surface area contributed by atoms with Crippen molar-refractivity contribution in [3.8, 4) is 0 Å². The number of piperidine rings is 1. The second-order valence-electron chi connectivity index (χ2n) is 5.91. The lowest BCUT2D eigenvalue weighted by atomic mass is 9.84. The lowest BCUT2D eigenvalue weighted by Crippen LogP contribution is -2.43. The van der Waals surface area contributed by atoms with Crippen molar-refractivity contribution in [1.82, 2.24) is 9.88 Å². The van der Waals surface area contributed by atoms with E-state index < -0.39 is 0 Å². The van der Waals surface area contributed by atoms with Crippen LogP contribution in [0.3, 0.4) is 0 Å². The number of aliphatic hydroxyl groups is 1. The van der Waals surface area contributed by atoms with Crippen LogP contribution in [0.1, 0.15) is 31.2 Å². The van der Waals surface area contributed by atoms with E-state index in [0.29, 0.717) is 18.0 Å². The summed E-state index contributed by atoms with van der Waals surface area (Å²) in [5.41, 5.74) is 1.20. The monoisotopic (exact) mass is 246 g/mol. The van der Waals surface area contributed by atoms with E-state index >= 15 is 0 Å². The topological polar surface area (TPSA) is 36.4 Å². The summed E-state index contributed by atoms with van der Waals surface area (Å²) in [5.74, 6) is 0.479. The molecule has 3 rings (SSSR count). The largest absolute Gasteiger partial charge is 0.392 e. The van der Waals surface area contributed by atoms with Gasteiger partial charge < -0.3 is 10.0 Å². The molecule has 0 aliphatic carbocycles. The van der Waals surface area contributed by atoms with Crippen molar-refractivity contribution >= 4 is 0 Å². The number of aliphatic hydroxyl groups excluding tert-OH is 1. The van der Waals surface area contributed by atoms with Crippen molar-refractivity contribution in [3.05, 3.63) is 30.1 Å². The van der Waals surface area contributed by atoms with E-state index in [9.17, 15) is 5.11 Å². The number of fused-ring (bicyclic) bond motifs is 2. The Kier molecular flexibility index (Phi) is 3.35. The Balaban J connectivity index is 1.62. The molecule has 1 N–H and O–H groups in total. The number of nitrogens with zero attached hydrogens (tertiary/aromatic N) is 2. The van der Waals surface area contributed by atoms with Gasteiger partial charge in [-0.05, 0) is 62.8 Å².